The summed E-state index contributed by atoms with van der Waals surface area (Å²) in [4.78, 5) is 0. The van der Waals surface area contributed by atoms with Gasteiger partial charge in [0.05, 0.1) is 3.57 Å². The van der Waals surface area contributed by atoms with Crippen LogP contribution < -0.4 is 4.74 Å². The van der Waals surface area contributed by atoms with Crippen LogP contribution in [0.5, 0.6) is 5.75 Å². The Bertz CT molecular complexity index is 331. The van der Waals surface area contributed by atoms with Crippen LogP contribution in [-0.2, 0) is 6.42 Å². The van der Waals surface area contributed by atoms with E-state index in [9.17, 15) is 0 Å². The van der Waals surface area contributed by atoms with Crippen LogP contribution in [0.1, 0.15) is 26.3 Å². The van der Waals surface area contributed by atoms with E-state index in [1.54, 1.807) is 0 Å². The lowest BCUT2D eigenvalue weighted by Gasteiger charge is -2.24. The van der Waals surface area contributed by atoms with Crippen LogP contribution in [0.4, 0.5) is 0 Å². The third-order valence-electron chi connectivity index (χ3n) is 1.85. The topological polar surface area (TPSA) is 9.23 Å². The van der Waals surface area contributed by atoms with E-state index in [4.69, 9.17) is 4.74 Å². The summed E-state index contributed by atoms with van der Waals surface area (Å²) in [5.74, 6) is 1.03. The second kappa shape index (κ2) is 5.34. The van der Waals surface area contributed by atoms with Crippen molar-refractivity contribution < 1.29 is 4.74 Å². The molecule has 0 saturated carbocycles. The van der Waals surface area contributed by atoms with E-state index in [1.807, 2.05) is 0 Å². The molecule has 0 atom stereocenters. The zero-order valence-corrected chi connectivity index (χ0v) is 12.6. The average Bonchev–Trinajstić information content (AvgIpc) is 2.10. The van der Waals surface area contributed by atoms with Crippen molar-refractivity contribution in [1.29, 1.82) is 0 Å². The highest BCUT2D eigenvalue weighted by Crippen LogP contribution is 2.29. The highest BCUT2D eigenvalue weighted by molar-refractivity contribution is 14.1. The van der Waals surface area contributed by atoms with Gasteiger partial charge < -0.3 is 4.74 Å². The monoisotopic (exact) mass is 331 g/mol. The fourth-order valence-electron chi connectivity index (χ4n) is 1.31. The summed E-state index contributed by atoms with van der Waals surface area (Å²) in [5.41, 5.74) is 1.13. The lowest BCUT2D eigenvalue weighted by atomic mass is 10.1. The molecule has 0 aromatic heterocycles. The molecule has 0 aliphatic carbocycles. The zero-order valence-electron chi connectivity index (χ0n) is 9.43. The van der Waals surface area contributed by atoms with E-state index in [1.165, 1.54) is 9.13 Å². The molecule has 0 bridgehead atoms. The number of benzene rings is 1. The number of halogens is 1. The number of rotatable bonds is 3. The molecule has 1 nitrogen and oxygen atoms in total. The van der Waals surface area contributed by atoms with Crippen molar-refractivity contribution in [2.75, 3.05) is 0 Å². The molecule has 1 aromatic carbocycles. The SMILES string of the molecule is CC(C)(C)Oc1c(I)cccc1CC[Si]. The first-order valence-corrected chi connectivity index (χ1v) is 6.83. The first kappa shape index (κ1) is 13.0. The van der Waals surface area contributed by atoms with Gasteiger partial charge in [0.15, 0.2) is 0 Å². The van der Waals surface area contributed by atoms with Crippen molar-refractivity contribution >= 4 is 32.8 Å². The maximum atomic E-state index is 5.99. The largest absolute Gasteiger partial charge is 0.487 e. The minimum atomic E-state index is -0.137. The Morgan fingerprint density at radius 3 is 2.53 bits per heavy atom. The summed E-state index contributed by atoms with van der Waals surface area (Å²) in [6, 6.07) is 7.25. The Balaban J connectivity index is 3.02. The summed E-state index contributed by atoms with van der Waals surface area (Å²) in [5, 5.41) is 0. The van der Waals surface area contributed by atoms with Gasteiger partial charge in [0.25, 0.3) is 0 Å². The van der Waals surface area contributed by atoms with Crippen LogP contribution in [0.15, 0.2) is 18.2 Å². The van der Waals surface area contributed by atoms with Gasteiger partial charge in [0, 0.05) is 10.2 Å². The second-order valence-electron chi connectivity index (χ2n) is 4.44. The average molecular weight is 331 g/mol. The minimum absolute atomic E-state index is 0.137. The number of ether oxygens (including phenoxy) is 1. The predicted octanol–water partition coefficient (Wildman–Crippen LogP) is 3.60. The molecule has 0 fully saturated rings. The molecule has 81 valence electrons. The smallest absolute Gasteiger partial charge is 0.136 e. The maximum absolute atomic E-state index is 5.99. The second-order valence-corrected chi connectivity index (χ2v) is 6.10. The molecule has 3 radical (unpaired) electrons. The summed E-state index contributed by atoms with van der Waals surface area (Å²) >= 11 is 2.32. The van der Waals surface area contributed by atoms with Gasteiger partial charge in [-0.2, -0.15) is 0 Å². The zero-order chi connectivity index (χ0) is 11.5. The van der Waals surface area contributed by atoms with Crippen molar-refractivity contribution in [3.8, 4) is 5.75 Å². The number of hydrogen-bond acceptors (Lipinski definition) is 1. The molecule has 0 amide bonds. The molecule has 1 rings (SSSR count). The Kier molecular flexibility index (Phi) is 4.64. The van der Waals surface area contributed by atoms with Gasteiger partial charge in [-0.15, -0.1) is 0 Å². The van der Waals surface area contributed by atoms with Crippen LogP contribution in [0.25, 0.3) is 0 Å². The lowest BCUT2D eigenvalue weighted by molar-refractivity contribution is 0.128. The van der Waals surface area contributed by atoms with Crippen molar-refractivity contribution in [3.05, 3.63) is 27.3 Å². The molecule has 0 saturated heterocycles. The molecule has 0 aliphatic rings. The van der Waals surface area contributed by atoms with Crippen molar-refractivity contribution in [2.45, 2.75) is 38.8 Å². The molecule has 0 heterocycles. The van der Waals surface area contributed by atoms with Gasteiger partial charge >= 0.3 is 0 Å². The van der Waals surface area contributed by atoms with Gasteiger partial charge in [-0.3, -0.25) is 0 Å². The Hall–Kier alpha value is -0.0331. The van der Waals surface area contributed by atoms with Gasteiger partial charge in [0.2, 0.25) is 0 Å². The van der Waals surface area contributed by atoms with E-state index in [-0.39, 0.29) is 5.60 Å². The van der Waals surface area contributed by atoms with Crippen molar-refractivity contribution in [2.24, 2.45) is 0 Å². The quantitative estimate of drug-likeness (QED) is 0.607. The van der Waals surface area contributed by atoms with Crippen LogP contribution in [0, 0.1) is 3.57 Å². The fourth-order valence-corrected chi connectivity index (χ4v) is 2.24. The van der Waals surface area contributed by atoms with Gasteiger partial charge in [-0.05, 0) is 61.4 Å². The van der Waals surface area contributed by atoms with Gasteiger partial charge in [-0.25, -0.2) is 0 Å². The van der Waals surface area contributed by atoms with Crippen LogP contribution >= 0.6 is 22.6 Å². The predicted molar refractivity (Wildman–Crippen MR) is 73.8 cm³/mol. The minimum Gasteiger partial charge on any atom is -0.487 e. The number of para-hydroxylation sites is 1. The molecule has 1 aromatic rings. The molecule has 15 heavy (non-hydrogen) atoms. The number of aryl methyl sites for hydroxylation is 1. The number of hydrogen-bond donors (Lipinski definition) is 0. The summed E-state index contributed by atoms with van der Waals surface area (Å²) in [7, 11) is 3.51. The van der Waals surface area contributed by atoms with Gasteiger partial charge in [0.1, 0.15) is 11.4 Å². The van der Waals surface area contributed by atoms with E-state index in [0.29, 0.717) is 0 Å². The van der Waals surface area contributed by atoms with Crippen molar-refractivity contribution in [1.82, 2.24) is 0 Å². The van der Waals surface area contributed by atoms with E-state index in [2.05, 4.69) is 71.8 Å². The molecular formula is C12H16IOSi. The van der Waals surface area contributed by atoms with Gasteiger partial charge in [-0.1, -0.05) is 18.2 Å². The molecule has 3 heteroatoms. The van der Waals surface area contributed by atoms with Crippen LogP contribution in [0.2, 0.25) is 6.04 Å². The summed E-state index contributed by atoms with van der Waals surface area (Å²) in [6.07, 6.45) is 0.999. The molecular weight excluding hydrogens is 315 g/mol. The van der Waals surface area contributed by atoms with Crippen LogP contribution in [-0.4, -0.2) is 15.8 Å². The molecule has 0 N–H and O–H groups in total. The first-order chi connectivity index (χ1) is 6.94. The lowest BCUT2D eigenvalue weighted by Crippen LogP contribution is -2.24. The van der Waals surface area contributed by atoms with E-state index >= 15 is 0 Å². The van der Waals surface area contributed by atoms with Crippen LogP contribution in [0.3, 0.4) is 0 Å². The summed E-state index contributed by atoms with van der Waals surface area (Å²) < 4.78 is 7.17. The Labute approximate surface area is 109 Å². The maximum Gasteiger partial charge on any atom is 0.136 e. The Morgan fingerprint density at radius 2 is 2.00 bits per heavy atom. The standard InChI is InChI=1S/C12H16IOSi/c1-12(2,3)14-11-9(7-8-15)5-4-6-10(11)13/h4-6H,7-8H2,1-3H3. The Morgan fingerprint density at radius 1 is 1.33 bits per heavy atom. The first-order valence-electron chi connectivity index (χ1n) is 5.05. The summed E-state index contributed by atoms with van der Waals surface area (Å²) in [6.45, 7) is 6.23. The third-order valence-corrected chi connectivity index (χ3v) is 2.95. The highest BCUT2D eigenvalue weighted by atomic mass is 127. The normalized spacial score (nSPS) is 11.5. The third kappa shape index (κ3) is 4.15. The molecule has 0 aliphatic heterocycles. The van der Waals surface area contributed by atoms with Crippen molar-refractivity contribution in [3.63, 3.8) is 0 Å². The molecule has 0 unspecified atom stereocenters. The van der Waals surface area contributed by atoms with E-state index < -0.39 is 0 Å². The van der Waals surface area contributed by atoms with E-state index in [0.717, 1.165) is 18.2 Å². The highest BCUT2D eigenvalue weighted by Gasteiger charge is 2.16. The molecule has 0 spiro atoms. The fraction of sp³-hybridized carbons (Fsp3) is 0.500.